The molecule has 6 nitrogen and oxygen atoms in total. The van der Waals surface area contributed by atoms with E-state index in [1.807, 2.05) is 12.1 Å². The highest BCUT2D eigenvalue weighted by atomic mass is 16.5. The predicted octanol–water partition coefficient (Wildman–Crippen LogP) is 1.21. The van der Waals surface area contributed by atoms with Crippen molar-refractivity contribution in [3.63, 3.8) is 0 Å². The lowest BCUT2D eigenvalue weighted by molar-refractivity contribution is 0.414. The second kappa shape index (κ2) is 4.48. The topological polar surface area (TPSA) is 101 Å². The van der Waals surface area contributed by atoms with Crippen LogP contribution in [0.3, 0.4) is 0 Å². The van der Waals surface area contributed by atoms with Gasteiger partial charge in [0.15, 0.2) is 11.4 Å². The summed E-state index contributed by atoms with van der Waals surface area (Å²) in [7, 11) is 1.54. The highest BCUT2D eigenvalue weighted by Crippen LogP contribution is 2.25. The molecule has 88 valence electrons. The first-order valence-corrected chi connectivity index (χ1v) is 5.02. The molecule has 1 aromatic carbocycles. The number of imidazole rings is 1. The van der Waals surface area contributed by atoms with Crippen LogP contribution in [0, 0.1) is 22.7 Å². The first kappa shape index (κ1) is 11.5. The number of anilines is 1. The normalized spacial score (nSPS) is 9.50. The van der Waals surface area contributed by atoms with E-state index in [4.69, 9.17) is 21.0 Å². The number of methoxy groups -OCH3 is 1. The van der Waals surface area contributed by atoms with Crippen molar-refractivity contribution in [3.05, 3.63) is 35.9 Å². The molecule has 0 amide bonds. The minimum Gasteiger partial charge on any atom is -0.497 e. The summed E-state index contributed by atoms with van der Waals surface area (Å²) >= 11 is 0. The zero-order chi connectivity index (χ0) is 13.1. The monoisotopic (exact) mass is 239 g/mol. The van der Waals surface area contributed by atoms with Crippen LogP contribution in [0.2, 0.25) is 0 Å². The SMILES string of the molecule is COc1ccc(N)c(-n2cnc(C#N)c2C#N)c1. The van der Waals surface area contributed by atoms with Crippen LogP contribution in [0.25, 0.3) is 5.69 Å². The van der Waals surface area contributed by atoms with Crippen LogP contribution in [0.5, 0.6) is 5.75 Å². The second-order valence-electron chi connectivity index (χ2n) is 3.46. The average Bonchev–Trinajstić information content (AvgIpc) is 2.82. The number of aromatic nitrogens is 2. The molecular formula is C12H9N5O. The van der Waals surface area contributed by atoms with E-state index in [9.17, 15) is 0 Å². The summed E-state index contributed by atoms with van der Waals surface area (Å²) in [4.78, 5) is 3.86. The van der Waals surface area contributed by atoms with E-state index in [2.05, 4.69) is 4.98 Å². The number of ether oxygens (including phenoxy) is 1. The molecule has 0 atom stereocenters. The number of nitrogens with two attached hydrogens (primary N) is 1. The Labute approximate surface area is 103 Å². The maximum absolute atomic E-state index is 9.06. The first-order valence-electron chi connectivity index (χ1n) is 5.02. The quantitative estimate of drug-likeness (QED) is 0.793. The predicted molar refractivity (Wildman–Crippen MR) is 64.0 cm³/mol. The van der Waals surface area contributed by atoms with E-state index >= 15 is 0 Å². The Morgan fingerprint density at radius 3 is 2.72 bits per heavy atom. The summed E-state index contributed by atoms with van der Waals surface area (Å²) in [6.45, 7) is 0. The molecule has 0 fully saturated rings. The van der Waals surface area contributed by atoms with Gasteiger partial charge in [0.25, 0.3) is 0 Å². The Hall–Kier alpha value is -2.99. The fourth-order valence-corrected chi connectivity index (χ4v) is 1.58. The van der Waals surface area contributed by atoms with Crippen molar-refractivity contribution in [2.45, 2.75) is 0 Å². The number of nitrogen functional groups attached to an aromatic ring is 1. The van der Waals surface area contributed by atoms with Gasteiger partial charge in [-0.05, 0) is 12.1 Å². The van der Waals surface area contributed by atoms with Gasteiger partial charge in [-0.15, -0.1) is 0 Å². The van der Waals surface area contributed by atoms with Gasteiger partial charge < -0.3 is 10.5 Å². The molecule has 0 saturated heterocycles. The van der Waals surface area contributed by atoms with Gasteiger partial charge >= 0.3 is 0 Å². The van der Waals surface area contributed by atoms with Crippen LogP contribution in [0.1, 0.15) is 11.4 Å². The zero-order valence-electron chi connectivity index (χ0n) is 9.58. The Morgan fingerprint density at radius 2 is 2.11 bits per heavy atom. The van der Waals surface area contributed by atoms with Gasteiger partial charge in [0.05, 0.1) is 18.5 Å². The lowest BCUT2D eigenvalue weighted by Crippen LogP contribution is -2.02. The van der Waals surface area contributed by atoms with Gasteiger partial charge in [0.2, 0.25) is 0 Å². The summed E-state index contributed by atoms with van der Waals surface area (Å²) in [5, 5.41) is 17.9. The van der Waals surface area contributed by atoms with Crippen LogP contribution in [-0.2, 0) is 0 Å². The number of hydrogen-bond donors (Lipinski definition) is 1. The number of nitrogens with zero attached hydrogens (tertiary/aromatic N) is 4. The van der Waals surface area contributed by atoms with Gasteiger partial charge in [-0.1, -0.05) is 0 Å². The van der Waals surface area contributed by atoms with Crippen molar-refractivity contribution in [1.29, 1.82) is 10.5 Å². The highest BCUT2D eigenvalue weighted by Gasteiger charge is 2.13. The molecule has 1 heterocycles. The van der Waals surface area contributed by atoms with Gasteiger partial charge in [-0.25, -0.2) is 4.98 Å². The minimum atomic E-state index is 0.0692. The van der Waals surface area contributed by atoms with E-state index in [1.54, 1.807) is 18.2 Å². The van der Waals surface area contributed by atoms with Crippen molar-refractivity contribution in [2.24, 2.45) is 0 Å². The molecule has 0 saturated carbocycles. The minimum absolute atomic E-state index is 0.0692. The first-order chi connectivity index (χ1) is 8.71. The largest absolute Gasteiger partial charge is 0.497 e. The molecule has 0 unspecified atom stereocenters. The van der Waals surface area contributed by atoms with Gasteiger partial charge in [-0.2, -0.15) is 10.5 Å². The molecule has 18 heavy (non-hydrogen) atoms. The molecule has 0 spiro atoms. The lowest BCUT2D eigenvalue weighted by Gasteiger charge is -2.09. The number of rotatable bonds is 2. The van der Waals surface area contributed by atoms with Gasteiger partial charge in [0, 0.05) is 6.07 Å². The van der Waals surface area contributed by atoms with E-state index in [-0.39, 0.29) is 11.4 Å². The molecular weight excluding hydrogens is 230 g/mol. The summed E-state index contributed by atoms with van der Waals surface area (Å²) in [6.07, 6.45) is 1.39. The fourth-order valence-electron chi connectivity index (χ4n) is 1.58. The van der Waals surface area contributed by atoms with Crippen molar-refractivity contribution in [1.82, 2.24) is 9.55 Å². The summed E-state index contributed by atoms with van der Waals surface area (Å²) in [6, 6.07) is 8.86. The Kier molecular flexibility index (Phi) is 2.86. The second-order valence-corrected chi connectivity index (χ2v) is 3.46. The molecule has 2 aromatic rings. The fraction of sp³-hybridized carbons (Fsp3) is 0.0833. The maximum Gasteiger partial charge on any atom is 0.177 e. The molecule has 0 bridgehead atoms. The molecule has 0 aliphatic rings. The molecule has 2 N–H and O–H groups in total. The van der Waals surface area contributed by atoms with E-state index in [0.717, 1.165) is 0 Å². The van der Waals surface area contributed by atoms with Crippen LogP contribution >= 0.6 is 0 Å². The Bertz CT molecular complexity index is 675. The van der Waals surface area contributed by atoms with Crippen molar-refractivity contribution in [2.75, 3.05) is 12.8 Å². The van der Waals surface area contributed by atoms with Crippen molar-refractivity contribution in [3.8, 4) is 23.6 Å². The smallest absolute Gasteiger partial charge is 0.177 e. The Morgan fingerprint density at radius 1 is 1.33 bits per heavy atom. The van der Waals surface area contributed by atoms with E-state index in [1.165, 1.54) is 18.0 Å². The summed E-state index contributed by atoms with van der Waals surface area (Å²) in [5.41, 5.74) is 7.10. The third-order valence-electron chi connectivity index (χ3n) is 2.48. The van der Waals surface area contributed by atoms with Gasteiger partial charge in [-0.3, -0.25) is 4.57 Å². The molecule has 6 heteroatoms. The van der Waals surface area contributed by atoms with Crippen molar-refractivity contribution < 1.29 is 4.74 Å². The number of benzene rings is 1. The number of nitriles is 2. The summed E-state index contributed by atoms with van der Waals surface area (Å²) in [5.74, 6) is 0.607. The Balaban J connectivity index is 2.67. The molecule has 1 aromatic heterocycles. The highest BCUT2D eigenvalue weighted by molar-refractivity contribution is 5.62. The molecule has 0 radical (unpaired) electrons. The number of hydrogen-bond acceptors (Lipinski definition) is 5. The van der Waals surface area contributed by atoms with E-state index in [0.29, 0.717) is 17.1 Å². The van der Waals surface area contributed by atoms with E-state index < -0.39 is 0 Å². The van der Waals surface area contributed by atoms with Crippen LogP contribution < -0.4 is 10.5 Å². The lowest BCUT2D eigenvalue weighted by atomic mass is 10.2. The third-order valence-corrected chi connectivity index (χ3v) is 2.48. The average molecular weight is 239 g/mol. The zero-order valence-corrected chi connectivity index (χ0v) is 9.58. The maximum atomic E-state index is 9.06. The third kappa shape index (κ3) is 1.72. The van der Waals surface area contributed by atoms with Crippen LogP contribution in [-0.4, -0.2) is 16.7 Å². The van der Waals surface area contributed by atoms with Crippen LogP contribution in [0.4, 0.5) is 5.69 Å². The molecule has 2 rings (SSSR count). The molecule has 0 aliphatic carbocycles. The standard InChI is InChI=1S/C12H9N5O/c1-18-8-2-3-9(15)11(4-8)17-7-16-10(5-13)12(17)6-14/h2-4,7H,15H2,1H3. The van der Waals surface area contributed by atoms with Crippen molar-refractivity contribution >= 4 is 5.69 Å². The van der Waals surface area contributed by atoms with Gasteiger partial charge in [0.1, 0.15) is 24.2 Å². The molecule has 0 aliphatic heterocycles. The summed E-state index contributed by atoms with van der Waals surface area (Å²) < 4.78 is 6.57. The van der Waals surface area contributed by atoms with Crippen LogP contribution in [0.15, 0.2) is 24.5 Å².